The molecule has 0 aliphatic rings. The predicted molar refractivity (Wildman–Crippen MR) is 97.5 cm³/mol. The molecule has 0 fully saturated rings. The summed E-state index contributed by atoms with van der Waals surface area (Å²) < 4.78 is 66.8. The van der Waals surface area contributed by atoms with Gasteiger partial charge in [0.2, 0.25) is 5.91 Å². The summed E-state index contributed by atoms with van der Waals surface area (Å²) >= 11 is 0. The smallest absolute Gasteiger partial charge is 0.299 e. The SMILES string of the molecule is CC(=O)NS(=O)(=O)c1ccc(-n2cc(C(F)(F)F)nc2-c2cncc(C)c2)cc1. The third kappa shape index (κ3) is 4.45. The maximum atomic E-state index is 13.2. The molecule has 3 aromatic rings. The average Bonchev–Trinajstić information content (AvgIpc) is 3.06. The number of aryl methyl sites for hydroxylation is 1. The number of sulfonamides is 1. The topological polar surface area (TPSA) is 94.0 Å². The van der Waals surface area contributed by atoms with E-state index in [1.54, 1.807) is 19.2 Å². The van der Waals surface area contributed by atoms with Crippen molar-refractivity contribution in [1.29, 1.82) is 0 Å². The van der Waals surface area contributed by atoms with Gasteiger partial charge in [0.1, 0.15) is 5.82 Å². The lowest BCUT2D eigenvalue weighted by molar-refractivity contribution is -0.140. The first-order valence-corrected chi connectivity index (χ1v) is 9.68. The van der Waals surface area contributed by atoms with Gasteiger partial charge in [-0.15, -0.1) is 0 Å². The first kappa shape index (κ1) is 20.5. The molecule has 0 spiro atoms. The summed E-state index contributed by atoms with van der Waals surface area (Å²) in [4.78, 5) is 18.5. The molecule has 1 aromatic carbocycles. The van der Waals surface area contributed by atoms with Crippen LogP contribution in [0.1, 0.15) is 18.2 Å². The summed E-state index contributed by atoms with van der Waals surface area (Å²) in [7, 11) is -4.06. The Labute approximate surface area is 164 Å². The molecular weight excluding hydrogens is 409 g/mol. The minimum atomic E-state index is -4.66. The molecule has 0 saturated carbocycles. The summed E-state index contributed by atoms with van der Waals surface area (Å²) in [5.41, 5.74) is 0.271. The van der Waals surface area contributed by atoms with E-state index in [9.17, 15) is 26.4 Å². The monoisotopic (exact) mass is 424 g/mol. The van der Waals surface area contributed by atoms with E-state index in [1.807, 2.05) is 4.72 Å². The van der Waals surface area contributed by atoms with Crippen molar-refractivity contribution in [3.8, 4) is 17.1 Å². The minimum Gasteiger partial charge on any atom is -0.299 e. The summed E-state index contributed by atoms with van der Waals surface area (Å²) in [6, 6.07) is 6.66. The zero-order chi connectivity index (χ0) is 21.4. The largest absolute Gasteiger partial charge is 0.434 e. The normalized spacial score (nSPS) is 12.0. The molecule has 0 radical (unpaired) electrons. The number of benzene rings is 1. The van der Waals surface area contributed by atoms with Gasteiger partial charge in [0.15, 0.2) is 5.69 Å². The van der Waals surface area contributed by atoms with Crippen LogP contribution in [0, 0.1) is 6.92 Å². The Morgan fingerprint density at radius 3 is 2.34 bits per heavy atom. The summed E-state index contributed by atoms with van der Waals surface area (Å²) in [5.74, 6) is -0.751. The quantitative estimate of drug-likeness (QED) is 0.695. The molecule has 152 valence electrons. The Balaban J connectivity index is 2.10. The van der Waals surface area contributed by atoms with Gasteiger partial charge >= 0.3 is 6.18 Å². The van der Waals surface area contributed by atoms with Crippen LogP contribution in [0.3, 0.4) is 0 Å². The summed E-state index contributed by atoms with van der Waals surface area (Å²) in [6.45, 7) is 2.80. The van der Waals surface area contributed by atoms with Crippen LogP contribution in [0.2, 0.25) is 0 Å². The number of amides is 1. The van der Waals surface area contributed by atoms with Crippen LogP contribution in [0.15, 0.2) is 53.8 Å². The van der Waals surface area contributed by atoms with E-state index < -0.39 is 27.8 Å². The Morgan fingerprint density at radius 2 is 1.79 bits per heavy atom. The highest BCUT2D eigenvalue weighted by molar-refractivity contribution is 7.90. The van der Waals surface area contributed by atoms with Gasteiger partial charge in [0.25, 0.3) is 10.0 Å². The molecular formula is C18H15F3N4O3S. The molecule has 2 heterocycles. The van der Waals surface area contributed by atoms with Crippen LogP contribution in [0.4, 0.5) is 13.2 Å². The van der Waals surface area contributed by atoms with Crippen molar-refractivity contribution in [3.63, 3.8) is 0 Å². The highest BCUT2D eigenvalue weighted by Crippen LogP contribution is 2.32. The molecule has 1 N–H and O–H groups in total. The van der Waals surface area contributed by atoms with Crippen molar-refractivity contribution in [3.05, 3.63) is 60.2 Å². The molecule has 2 aromatic heterocycles. The minimum absolute atomic E-state index is 0.00555. The molecule has 0 atom stereocenters. The van der Waals surface area contributed by atoms with Crippen molar-refractivity contribution in [1.82, 2.24) is 19.3 Å². The Hall–Kier alpha value is -3.21. The zero-order valence-electron chi connectivity index (χ0n) is 15.2. The van der Waals surface area contributed by atoms with Crippen LogP contribution in [-0.4, -0.2) is 28.9 Å². The Bertz CT molecular complexity index is 1170. The van der Waals surface area contributed by atoms with Crippen LogP contribution in [0.25, 0.3) is 17.1 Å². The molecule has 0 bridgehead atoms. The summed E-state index contributed by atoms with van der Waals surface area (Å²) in [6.07, 6.45) is -0.883. The molecule has 29 heavy (non-hydrogen) atoms. The second-order valence-corrected chi connectivity index (χ2v) is 7.91. The zero-order valence-corrected chi connectivity index (χ0v) is 16.0. The lowest BCUT2D eigenvalue weighted by Crippen LogP contribution is -2.28. The second-order valence-electron chi connectivity index (χ2n) is 6.22. The van der Waals surface area contributed by atoms with Gasteiger partial charge in [-0.2, -0.15) is 13.2 Å². The predicted octanol–water partition coefficient (Wildman–Crippen LogP) is 3.09. The van der Waals surface area contributed by atoms with E-state index in [0.717, 1.165) is 18.7 Å². The number of hydrogen-bond acceptors (Lipinski definition) is 5. The van der Waals surface area contributed by atoms with Gasteiger partial charge in [-0.05, 0) is 42.8 Å². The number of aromatic nitrogens is 3. The third-order valence-electron chi connectivity index (χ3n) is 3.83. The molecule has 11 heteroatoms. The number of nitrogens with one attached hydrogen (secondary N) is 1. The molecule has 1 amide bonds. The number of carbonyl (C=O) groups excluding carboxylic acids is 1. The van der Waals surface area contributed by atoms with E-state index in [1.165, 1.54) is 35.0 Å². The van der Waals surface area contributed by atoms with Gasteiger partial charge in [-0.1, -0.05) is 0 Å². The van der Waals surface area contributed by atoms with Crippen LogP contribution >= 0.6 is 0 Å². The van der Waals surface area contributed by atoms with E-state index in [4.69, 9.17) is 0 Å². The third-order valence-corrected chi connectivity index (χ3v) is 5.28. The molecule has 0 saturated heterocycles. The van der Waals surface area contributed by atoms with Gasteiger partial charge < -0.3 is 0 Å². The number of hydrogen-bond donors (Lipinski definition) is 1. The lowest BCUT2D eigenvalue weighted by Gasteiger charge is -2.10. The number of pyridine rings is 1. The fourth-order valence-corrected chi connectivity index (χ4v) is 3.62. The standard InChI is InChI=1S/C18H15F3N4O3S/c1-11-7-13(9-22-8-11)17-23-16(18(19,20)21)10-25(17)14-3-5-15(6-4-14)29(27,28)24-12(2)26/h3-10H,1-2H3,(H,24,26). The number of halogens is 3. The molecule has 0 unspecified atom stereocenters. The molecule has 0 aliphatic carbocycles. The van der Waals surface area contributed by atoms with Crippen molar-refractivity contribution in [2.45, 2.75) is 24.9 Å². The highest BCUT2D eigenvalue weighted by atomic mass is 32.2. The number of nitrogens with zero attached hydrogens (tertiary/aromatic N) is 3. The van der Waals surface area contributed by atoms with E-state index >= 15 is 0 Å². The number of alkyl halides is 3. The summed E-state index contributed by atoms with van der Waals surface area (Å²) in [5, 5.41) is 0. The fourth-order valence-electron chi connectivity index (χ4n) is 2.63. The average molecular weight is 424 g/mol. The number of imidazole rings is 1. The van der Waals surface area contributed by atoms with Crippen molar-refractivity contribution < 1.29 is 26.4 Å². The van der Waals surface area contributed by atoms with Crippen molar-refractivity contribution in [2.75, 3.05) is 0 Å². The maximum absolute atomic E-state index is 13.2. The number of rotatable bonds is 4. The van der Waals surface area contributed by atoms with E-state index in [2.05, 4.69) is 9.97 Å². The molecule has 3 rings (SSSR count). The van der Waals surface area contributed by atoms with E-state index in [-0.39, 0.29) is 16.4 Å². The van der Waals surface area contributed by atoms with Crippen LogP contribution in [0.5, 0.6) is 0 Å². The second kappa shape index (κ2) is 7.32. The van der Waals surface area contributed by atoms with Crippen LogP contribution in [-0.2, 0) is 21.0 Å². The lowest BCUT2D eigenvalue weighted by atomic mass is 10.2. The Kier molecular flexibility index (Phi) is 5.18. The van der Waals surface area contributed by atoms with Gasteiger partial charge in [0, 0.05) is 36.8 Å². The maximum Gasteiger partial charge on any atom is 0.434 e. The fraction of sp³-hybridized carbons (Fsp3) is 0.167. The number of carbonyl (C=O) groups is 1. The van der Waals surface area contributed by atoms with Crippen LogP contribution < -0.4 is 4.72 Å². The molecule has 7 nitrogen and oxygen atoms in total. The Morgan fingerprint density at radius 1 is 1.14 bits per heavy atom. The first-order valence-electron chi connectivity index (χ1n) is 8.20. The first-order chi connectivity index (χ1) is 13.5. The van der Waals surface area contributed by atoms with Gasteiger partial charge in [-0.25, -0.2) is 18.1 Å². The molecule has 0 aliphatic heterocycles. The van der Waals surface area contributed by atoms with Crippen molar-refractivity contribution in [2.24, 2.45) is 0 Å². The van der Waals surface area contributed by atoms with Gasteiger partial charge in [-0.3, -0.25) is 14.3 Å². The van der Waals surface area contributed by atoms with Gasteiger partial charge in [0.05, 0.1) is 4.90 Å². The van der Waals surface area contributed by atoms with E-state index in [0.29, 0.717) is 5.56 Å². The van der Waals surface area contributed by atoms with Crippen molar-refractivity contribution >= 4 is 15.9 Å². The highest BCUT2D eigenvalue weighted by Gasteiger charge is 2.35.